The minimum atomic E-state index is -0.490. The molecule has 0 unspecified atom stereocenters. The quantitative estimate of drug-likeness (QED) is 0.495. The maximum atomic E-state index is 12.3. The van der Waals surface area contributed by atoms with Gasteiger partial charge in [-0.15, -0.1) is 22.6 Å². The number of amides is 1. The molecular weight excluding hydrogens is 406 g/mol. The number of nitro benzene ring substituents is 1. The van der Waals surface area contributed by atoms with Crippen molar-refractivity contribution in [1.82, 2.24) is 30.3 Å². The van der Waals surface area contributed by atoms with E-state index in [1.807, 2.05) is 0 Å². The van der Waals surface area contributed by atoms with Crippen molar-refractivity contribution in [3.8, 4) is 0 Å². The maximum Gasteiger partial charge on any atom is 0.284 e. The Labute approximate surface area is 172 Å². The standard InChI is InChI=1S/C16H21N7O3S.ClH/c1-21-11-19-20-16(21)27-14-3-2-12(10-13(14)23(25)26)15(24)18-6-9-22-7-4-17-5-8-22;/h2-3,10-11,17H,4-9H2,1H3,(H,18,24);1H. The Morgan fingerprint density at radius 2 is 2.14 bits per heavy atom. The number of hydrogen-bond acceptors (Lipinski definition) is 8. The van der Waals surface area contributed by atoms with Crippen molar-refractivity contribution in [1.29, 1.82) is 0 Å². The first-order valence-corrected chi connectivity index (χ1v) is 9.38. The van der Waals surface area contributed by atoms with Gasteiger partial charge in [-0.1, -0.05) is 0 Å². The summed E-state index contributed by atoms with van der Waals surface area (Å²) >= 11 is 1.14. The first-order valence-electron chi connectivity index (χ1n) is 8.56. The molecule has 2 N–H and O–H groups in total. The Morgan fingerprint density at radius 1 is 1.39 bits per heavy atom. The summed E-state index contributed by atoms with van der Waals surface area (Å²) in [5, 5.41) is 25.8. The Kier molecular flexibility index (Phi) is 8.18. The molecule has 1 aromatic heterocycles. The summed E-state index contributed by atoms with van der Waals surface area (Å²) in [4.78, 5) is 26.0. The fourth-order valence-electron chi connectivity index (χ4n) is 2.72. The number of nitrogens with zero attached hydrogens (tertiary/aromatic N) is 5. The van der Waals surface area contributed by atoms with Crippen LogP contribution in [0.25, 0.3) is 0 Å². The Bertz CT molecular complexity index is 826. The van der Waals surface area contributed by atoms with E-state index in [4.69, 9.17) is 0 Å². The first kappa shape index (κ1) is 22.1. The van der Waals surface area contributed by atoms with Crippen LogP contribution in [0, 0.1) is 10.1 Å². The molecule has 1 aliphatic rings. The summed E-state index contributed by atoms with van der Waals surface area (Å²) < 4.78 is 1.67. The van der Waals surface area contributed by atoms with Gasteiger partial charge in [-0.3, -0.25) is 19.8 Å². The van der Waals surface area contributed by atoms with Gasteiger partial charge >= 0.3 is 0 Å². The number of aryl methyl sites for hydroxylation is 1. The number of nitrogens with one attached hydrogen (secondary N) is 2. The molecule has 2 aromatic rings. The van der Waals surface area contributed by atoms with E-state index in [0.29, 0.717) is 16.6 Å². The molecule has 0 saturated carbocycles. The Balaban J connectivity index is 0.00000280. The lowest BCUT2D eigenvalue weighted by Crippen LogP contribution is -2.46. The van der Waals surface area contributed by atoms with Crippen LogP contribution in [0.3, 0.4) is 0 Å². The summed E-state index contributed by atoms with van der Waals surface area (Å²) in [6, 6.07) is 4.47. The number of aromatic nitrogens is 3. The zero-order valence-corrected chi connectivity index (χ0v) is 17.0. The van der Waals surface area contributed by atoms with E-state index in [1.54, 1.807) is 23.7 Å². The molecule has 10 nitrogen and oxygen atoms in total. The highest BCUT2D eigenvalue weighted by molar-refractivity contribution is 7.99. The average molecular weight is 428 g/mol. The smallest absolute Gasteiger partial charge is 0.284 e. The van der Waals surface area contributed by atoms with Crippen LogP contribution in [0.15, 0.2) is 34.6 Å². The van der Waals surface area contributed by atoms with Crippen molar-refractivity contribution in [2.75, 3.05) is 39.3 Å². The molecule has 12 heteroatoms. The third-order valence-electron chi connectivity index (χ3n) is 4.21. The predicted octanol–water partition coefficient (Wildman–Crippen LogP) is 0.931. The van der Waals surface area contributed by atoms with Gasteiger partial charge in [0.05, 0.1) is 9.82 Å². The normalized spacial score (nSPS) is 14.3. The molecule has 1 saturated heterocycles. The minimum Gasteiger partial charge on any atom is -0.351 e. The number of carbonyl (C=O) groups excluding carboxylic acids is 1. The number of benzene rings is 1. The van der Waals surface area contributed by atoms with Gasteiger partial charge < -0.3 is 15.2 Å². The van der Waals surface area contributed by atoms with Crippen molar-refractivity contribution >= 4 is 35.8 Å². The first-order chi connectivity index (χ1) is 13.0. The van der Waals surface area contributed by atoms with Crippen LogP contribution < -0.4 is 10.6 Å². The summed E-state index contributed by atoms with van der Waals surface area (Å²) in [6.07, 6.45) is 1.52. The molecule has 0 atom stereocenters. The molecule has 152 valence electrons. The number of piperazine rings is 1. The van der Waals surface area contributed by atoms with E-state index < -0.39 is 4.92 Å². The van der Waals surface area contributed by atoms with Crippen LogP contribution in [0.5, 0.6) is 0 Å². The van der Waals surface area contributed by atoms with Crippen molar-refractivity contribution in [2.24, 2.45) is 7.05 Å². The number of halogens is 1. The van der Waals surface area contributed by atoms with Gasteiger partial charge in [-0.05, 0) is 23.9 Å². The van der Waals surface area contributed by atoms with Gasteiger partial charge in [0.2, 0.25) is 0 Å². The predicted molar refractivity (Wildman–Crippen MR) is 107 cm³/mol. The Hall–Kier alpha value is -2.21. The number of carbonyl (C=O) groups is 1. The third kappa shape index (κ3) is 5.64. The van der Waals surface area contributed by atoms with Gasteiger partial charge in [0.25, 0.3) is 11.6 Å². The van der Waals surface area contributed by atoms with Crippen LogP contribution in [0.1, 0.15) is 10.4 Å². The SMILES string of the molecule is Cl.Cn1cnnc1Sc1ccc(C(=O)NCCN2CCNCC2)cc1[N+](=O)[O-]. The lowest BCUT2D eigenvalue weighted by molar-refractivity contribution is -0.387. The highest BCUT2D eigenvalue weighted by atomic mass is 35.5. The van der Waals surface area contributed by atoms with Crippen molar-refractivity contribution < 1.29 is 9.72 Å². The van der Waals surface area contributed by atoms with E-state index in [9.17, 15) is 14.9 Å². The zero-order valence-electron chi connectivity index (χ0n) is 15.3. The molecule has 1 aliphatic heterocycles. The van der Waals surface area contributed by atoms with Gasteiger partial charge in [0.1, 0.15) is 6.33 Å². The van der Waals surface area contributed by atoms with Gasteiger partial charge in [0, 0.05) is 57.9 Å². The molecule has 0 aliphatic carbocycles. The molecule has 28 heavy (non-hydrogen) atoms. The summed E-state index contributed by atoms with van der Waals surface area (Å²) in [5.74, 6) is -0.316. The van der Waals surface area contributed by atoms with Crippen LogP contribution >= 0.6 is 24.2 Å². The molecule has 1 aromatic carbocycles. The van der Waals surface area contributed by atoms with E-state index in [-0.39, 0.29) is 29.6 Å². The van der Waals surface area contributed by atoms with Gasteiger partial charge in [-0.2, -0.15) is 0 Å². The summed E-state index contributed by atoms with van der Waals surface area (Å²) in [7, 11) is 1.76. The summed E-state index contributed by atoms with van der Waals surface area (Å²) in [5.41, 5.74) is 0.141. The van der Waals surface area contributed by atoms with E-state index in [0.717, 1.165) is 44.5 Å². The molecule has 0 radical (unpaired) electrons. The number of nitro groups is 1. The zero-order chi connectivity index (χ0) is 19.2. The fraction of sp³-hybridized carbons (Fsp3) is 0.438. The highest BCUT2D eigenvalue weighted by Crippen LogP contribution is 2.34. The van der Waals surface area contributed by atoms with E-state index in [2.05, 4.69) is 25.7 Å². The minimum absolute atomic E-state index is 0. The van der Waals surface area contributed by atoms with Crippen LogP contribution in [0.4, 0.5) is 5.69 Å². The molecule has 0 bridgehead atoms. The molecule has 3 rings (SSSR count). The molecule has 1 amide bonds. The van der Waals surface area contributed by atoms with Crippen molar-refractivity contribution in [3.63, 3.8) is 0 Å². The lowest BCUT2D eigenvalue weighted by Gasteiger charge is -2.27. The van der Waals surface area contributed by atoms with E-state index >= 15 is 0 Å². The number of hydrogen-bond donors (Lipinski definition) is 2. The molecular formula is C16H22ClN7O3S. The maximum absolute atomic E-state index is 12.3. The lowest BCUT2D eigenvalue weighted by atomic mass is 10.2. The van der Waals surface area contributed by atoms with Gasteiger partial charge in [0.15, 0.2) is 5.16 Å². The topological polar surface area (TPSA) is 118 Å². The van der Waals surface area contributed by atoms with Crippen LogP contribution in [-0.4, -0.2) is 69.8 Å². The Morgan fingerprint density at radius 3 is 2.79 bits per heavy atom. The third-order valence-corrected chi connectivity index (χ3v) is 5.33. The fourth-order valence-corrected chi connectivity index (χ4v) is 3.57. The van der Waals surface area contributed by atoms with Crippen molar-refractivity contribution in [2.45, 2.75) is 10.1 Å². The number of rotatable bonds is 7. The second-order valence-electron chi connectivity index (χ2n) is 6.11. The summed E-state index contributed by atoms with van der Waals surface area (Å²) in [6.45, 7) is 5.07. The second kappa shape index (κ2) is 10.4. The monoisotopic (exact) mass is 427 g/mol. The van der Waals surface area contributed by atoms with Crippen molar-refractivity contribution in [3.05, 3.63) is 40.2 Å². The van der Waals surface area contributed by atoms with E-state index in [1.165, 1.54) is 12.4 Å². The molecule has 1 fully saturated rings. The largest absolute Gasteiger partial charge is 0.351 e. The van der Waals surface area contributed by atoms with Crippen LogP contribution in [-0.2, 0) is 7.05 Å². The molecule has 0 spiro atoms. The highest BCUT2D eigenvalue weighted by Gasteiger charge is 2.20. The van der Waals surface area contributed by atoms with Crippen LogP contribution in [0.2, 0.25) is 0 Å². The second-order valence-corrected chi connectivity index (χ2v) is 7.12. The average Bonchev–Trinajstić information content (AvgIpc) is 3.07. The van der Waals surface area contributed by atoms with Gasteiger partial charge in [-0.25, -0.2) is 0 Å². The molecule has 2 heterocycles.